The predicted molar refractivity (Wildman–Crippen MR) is 169 cm³/mol. The minimum Gasteiger partial charge on any atom is -0.512 e. The molecule has 1 aromatic heterocycles. The number of nitriles is 1. The van der Waals surface area contributed by atoms with Gasteiger partial charge in [-0.15, -0.1) is 34.2 Å². The van der Waals surface area contributed by atoms with Crippen molar-refractivity contribution in [3.05, 3.63) is 83.8 Å². The molecule has 0 saturated heterocycles. The first-order chi connectivity index (χ1) is 19.6. The molecule has 0 amide bonds. The van der Waals surface area contributed by atoms with E-state index in [1.165, 1.54) is 17.0 Å². The number of hydrogen-bond donors (Lipinski definition) is 1. The van der Waals surface area contributed by atoms with Crippen LogP contribution < -0.4 is 0 Å². The Morgan fingerprint density at radius 2 is 1.45 bits per heavy atom. The Morgan fingerprint density at radius 3 is 2.00 bits per heavy atom. The molecule has 0 atom stereocenters. The van der Waals surface area contributed by atoms with Gasteiger partial charge < -0.3 is 5.11 Å². The SMILES string of the molecule is CC(C)(C)c1cc(-c2nnc(C#N)c3ccccc23)[c-]c2ccccc12.CCC(CC)C(=O)/C=C(\O)C(CC)CC.[Ir]. The molecule has 42 heavy (non-hydrogen) atoms. The molecular weight excluding hydrogens is 699 g/mol. The summed E-state index contributed by atoms with van der Waals surface area (Å²) < 4.78 is 0. The molecule has 1 radical (unpaired) electrons. The van der Waals surface area contributed by atoms with Crippen LogP contribution in [0.5, 0.6) is 0 Å². The number of carbonyl (C=O) groups excluding carboxylic acids is 1. The second-order valence-electron chi connectivity index (χ2n) is 11.4. The summed E-state index contributed by atoms with van der Waals surface area (Å²) >= 11 is 0. The maximum atomic E-state index is 11.7. The normalized spacial score (nSPS) is 11.7. The van der Waals surface area contributed by atoms with E-state index in [2.05, 4.69) is 67.4 Å². The zero-order valence-electron chi connectivity index (χ0n) is 25.8. The van der Waals surface area contributed by atoms with Gasteiger partial charge in [-0.1, -0.05) is 102 Å². The number of carbonyl (C=O) groups is 1. The van der Waals surface area contributed by atoms with Gasteiger partial charge in [-0.25, -0.2) is 0 Å². The molecule has 4 rings (SSSR count). The van der Waals surface area contributed by atoms with Crippen molar-refractivity contribution >= 4 is 27.3 Å². The Labute approximate surface area is 264 Å². The average Bonchev–Trinajstić information content (AvgIpc) is 2.97. The Balaban J connectivity index is 0.000000334. The third-order valence-electron chi connectivity index (χ3n) is 7.71. The molecule has 0 aliphatic rings. The number of fused-ring (bicyclic) bond motifs is 2. The Kier molecular flexibility index (Phi) is 13.0. The topological polar surface area (TPSA) is 86.9 Å². The molecule has 1 N–H and O–H groups in total. The Morgan fingerprint density at radius 1 is 0.905 bits per heavy atom. The molecule has 6 heteroatoms. The van der Waals surface area contributed by atoms with Crippen molar-refractivity contribution in [2.24, 2.45) is 11.8 Å². The second-order valence-corrected chi connectivity index (χ2v) is 11.4. The molecule has 0 fully saturated rings. The fourth-order valence-electron chi connectivity index (χ4n) is 5.14. The van der Waals surface area contributed by atoms with E-state index in [-0.39, 0.29) is 48.9 Å². The fraction of sp³-hybridized carbons (Fsp3) is 0.389. The van der Waals surface area contributed by atoms with Crippen LogP contribution >= 0.6 is 0 Å². The van der Waals surface area contributed by atoms with Crippen molar-refractivity contribution in [1.82, 2.24) is 10.2 Å². The predicted octanol–water partition coefficient (Wildman–Crippen LogP) is 9.29. The van der Waals surface area contributed by atoms with Gasteiger partial charge >= 0.3 is 0 Å². The van der Waals surface area contributed by atoms with Gasteiger partial charge in [0.1, 0.15) is 6.07 Å². The van der Waals surface area contributed by atoms with E-state index in [9.17, 15) is 15.2 Å². The van der Waals surface area contributed by atoms with Crippen LogP contribution in [0.2, 0.25) is 0 Å². The summed E-state index contributed by atoms with van der Waals surface area (Å²) in [6, 6.07) is 23.9. The molecule has 0 saturated carbocycles. The van der Waals surface area contributed by atoms with Gasteiger partial charge in [0.2, 0.25) is 0 Å². The van der Waals surface area contributed by atoms with E-state index >= 15 is 0 Å². The van der Waals surface area contributed by atoms with Crippen molar-refractivity contribution in [2.45, 2.75) is 79.6 Å². The first-order valence-corrected chi connectivity index (χ1v) is 14.6. The van der Waals surface area contributed by atoms with Crippen LogP contribution in [-0.4, -0.2) is 21.1 Å². The van der Waals surface area contributed by atoms with Crippen molar-refractivity contribution < 1.29 is 30.0 Å². The van der Waals surface area contributed by atoms with Gasteiger partial charge in [-0.2, -0.15) is 10.4 Å². The monoisotopic (exact) mass is 741 g/mol. The molecule has 0 bridgehead atoms. The molecule has 0 aliphatic carbocycles. The van der Waals surface area contributed by atoms with Gasteiger partial charge in [0, 0.05) is 49.1 Å². The van der Waals surface area contributed by atoms with Crippen molar-refractivity contribution in [3.8, 4) is 17.3 Å². The van der Waals surface area contributed by atoms with Crippen LogP contribution in [0.3, 0.4) is 0 Å². The number of rotatable bonds is 8. The van der Waals surface area contributed by atoms with Crippen molar-refractivity contribution in [2.75, 3.05) is 0 Å². The van der Waals surface area contributed by atoms with E-state index in [0.29, 0.717) is 5.69 Å². The minimum atomic E-state index is -0.0146. The molecule has 0 aliphatic heterocycles. The van der Waals surface area contributed by atoms with Crippen LogP contribution in [0.4, 0.5) is 0 Å². The zero-order valence-corrected chi connectivity index (χ0v) is 28.2. The van der Waals surface area contributed by atoms with Gasteiger partial charge in [0.15, 0.2) is 11.5 Å². The smallest absolute Gasteiger partial charge is 0.169 e. The third kappa shape index (κ3) is 8.12. The van der Waals surface area contributed by atoms with Crippen LogP contribution in [-0.2, 0) is 30.3 Å². The van der Waals surface area contributed by atoms with Crippen LogP contribution in [0.25, 0.3) is 32.8 Å². The largest absolute Gasteiger partial charge is 0.512 e. The average molecular weight is 741 g/mol. The van der Waals surface area contributed by atoms with Crippen molar-refractivity contribution in [1.29, 1.82) is 5.26 Å². The molecule has 4 aromatic rings. The number of ketones is 1. The van der Waals surface area contributed by atoms with E-state index in [1.54, 1.807) is 0 Å². The van der Waals surface area contributed by atoms with E-state index in [4.69, 9.17) is 0 Å². The number of benzene rings is 3. The van der Waals surface area contributed by atoms with Gasteiger partial charge in [-0.3, -0.25) is 4.79 Å². The quantitative estimate of drug-likeness (QED) is 0.111. The Bertz CT molecular complexity index is 1570. The summed E-state index contributed by atoms with van der Waals surface area (Å²) in [7, 11) is 0. The third-order valence-corrected chi connectivity index (χ3v) is 7.71. The van der Waals surface area contributed by atoms with Gasteiger partial charge in [-0.05, 0) is 36.5 Å². The number of aromatic nitrogens is 2. The number of aliphatic hydroxyl groups excluding tert-OH is 1. The van der Waals surface area contributed by atoms with Crippen molar-refractivity contribution in [3.63, 3.8) is 0 Å². The maximum Gasteiger partial charge on any atom is 0.169 e. The number of hydrogen-bond acceptors (Lipinski definition) is 5. The number of allylic oxidation sites excluding steroid dienone is 2. The van der Waals surface area contributed by atoms with E-state index in [1.807, 2.05) is 58.0 Å². The molecule has 1 heterocycles. The van der Waals surface area contributed by atoms with Gasteiger partial charge in [0.05, 0.1) is 5.76 Å². The summed E-state index contributed by atoms with van der Waals surface area (Å²) in [5, 5.41) is 31.6. The summed E-state index contributed by atoms with van der Waals surface area (Å²) in [6.45, 7) is 14.7. The molecular formula is C36H42IrN3O2-. The molecule has 3 aromatic carbocycles. The summed E-state index contributed by atoms with van der Waals surface area (Å²) in [4.78, 5) is 11.7. The van der Waals surface area contributed by atoms with Gasteiger partial charge in [0.25, 0.3) is 0 Å². The first-order valence-electron chi connectivity index (χ1n) is 14.6. The second kappa shape index (κ2) is 15.7. The number of nitrogens with zero attached hydrogens (tertiary/aromatic N) is 3. The Hall–Kier alpha value is -3.39. The summed E-state index contributed by atoms with van der Waals surface area (Å²) in [6.07, 6.45) is 4.91. The summed E-state index contributed by atoms with van der Waals surface area (Å²) in [5.74, 6) is 0.547. The number of aliphatic hydroxyl groups is 1. The first kappa shape index (κ1) is 34.8. The molecule has 0 spiro atoms. The molecule has 0 unspecified atom stereocenters. The van der Waals surface area contributed by atoms with E-state index in [0.717, 1.165) is 53.1 Å². The fourth-order valence-corrected chi connectivity index (χ4v) is 5.14. The minimum absolute atomic E-state index is 0. The summed E-state index contributed by atoms with van der Waals surface area (Å²) in [5.41, 5.74) is 3.25. The molecule has 5 nitrogen and oxygen atoms in total. The molecule has 223 valence electrons. The zero-order chi connectivity index (χ0) is 30.2. The van der Waals surface area contributed by atoms with E-state index < -0.39 is 0 Å². The van der Waals surface area contributed by atoms with Crippen LogP contribution in [0, 0.1) is 29.2 Å². The standard InChI is InChI=1S/C23H18N3.C13H24O2.Ir/c1-23(2,3)20-13-16(12-15-8-4-5-9-17(15)20)22-19-11-7-6-10-18(19)21(14-24)25-26-22;1-5-10(6-2)12(14)9-13(15)11(7-3)8-4;/h4-11,13H,1-3H3;9-11,14H,5-8H2,1-4H3;/q-1;;/b;12-9-;. The maximum absolute atomic E-state index is 11.7. The van der Waals surface area contributed by atoms with Crippen LogP contribution in [0.1, 0.15) is 85.4 Å². The van der Waals surface area contributed by atoms with Crippen LogP contribution in [0.15, 0.2) is 66.4 Å².